The fourth-order valence-electron chi connectivity index (χ4n) is 3.16. The van der Waals surface area contributed by atoms with Gasteiger partial charge >= 0.3 is 0 Å². The van der Waals surface area contributed by atoms with E-state index in [2.05, 4.69) is 11.0 Å². The number of nitrogens with zero attached hydrogens (tertiary/aromatic N) is 2. The summed E-state index contributed by atoms with van der Waals surface area (Å²) in [6.07, 6.45) is 2.36. The van der Waals surface area contributed by atoms with Crippen molar-refractivity contribution in [3.63, 3.8) is 0 Å². The Morgan fingerprint density at radius 2 is 2.04 bits per heavy atom. The van der Waals surface area contributed by atoms with Crippen LogP contribution in [0.25, 0.3) is 0 Å². The molecule has 0 radical (unpaired) electrons. The van der Waals surface area contributed by atoms with Crippen LogP contribution in [0.2, 0.25) is 0 Å². The third kappa shape index (κ3) is 4.41. The van der Waals surface area contributed by atoms with Crippen LogP contribution in [-0.2, 0) is 17.8 Å². The Morgan fingerprint density at radius 1 is 1.17 bits per heavy atom. The van der Waals surface area contributed by atoms with Gasteiger partial charge in [0.05, 0.1) is 17.7 Å². The zero-order valence-electron chi connectivity index (χ0n) is 13.6. The first-order valence-electron chi connectivity index (χ1n) is 8.31. The van der Waals surface area contributed by atoms with Gasteiger partial charge in [-0.05, 0) is 42.2 Å². The maximum Gasteiger partial charge on any atom is 0.123 e. The summed E-state index contributed by atoms with van der Waals surface area (Å²) in [4.78, 5) is 2.24. The quantitative estimate of drug-likeness (QED) is 0.809. The molecule has 1 aliphatic rings. The molecule has 0 aliphatic carbocycles. The average Bonchev–Trinajstić information content (AvgIpc) is 3.08. The summed E-state index contributed by atoms with van der Waals surface area (Å²) in [7, 11) is 0. The molecule has 1 aliphatic heterocycles. The van der Waals surface area contributed by atoms with Crippen molar-refractivity contribution in [2.75, 3.05) is 13.2 Å². The lowest BCUT2D eigenvalue weighted by Crippen LogP contribution is -2.31. The molecular weight excluding hydrogens is 303 g/mol. The lowest BCUT2D eigenvalue weighted by Gasteiger charge is -2.26. The number of halogens is 1. The lowest BCUT2D eigenvalue weighted by molar-refractivity contribution is 0.0678. The predicted molar refractivity (Wildman–Crippen MR) is 90.6 cm³/mol. The number of hydrogen-bond donors (Lipinski definition) is 0. The second-order valence-corrected chi connectivity index (χ2v) is 6.20. The van der Waals surface area contributed by atoms with E-state index in [1.165, 1.54) is 6.07 Å². The van der Waals surface area contributed by atoms with Crippen LogP contribution in [0.3, 0.4) is 0 Å². The third-order valence-corrected chi connectivity index (χ3v) is 4.31. The number of nitriles is 1. The summed E-state index contributed by atoms with van der Waals surface area (Å²) in [6.45, 7) is 2.89. The van der Waals surface area contributed by atoms with E-state index in [0.717, 1.165) is 37.1 Å². The number of rotatable bonds is 6. The van der Waals surface area contributed by atoms with Gasteiger partial charge in [0, 0.05) is 26.2 Å². The standard InChI is InChI=1S/C20H21FN2O/c21-19-8-3-5-16(11-19)13-23(15-20-9-4-10-24-20)14-18-7-2-1-6-17(18)12-22/h1-3,5-8,11,20H,4,9-10,13-15H2. The molecule has 4 heteroatoms. The van der Waals surface area contributed by atoms with Crippen LogP contribution in [0.1, 0.15) is 29.5 Å². The molecule has 0 bridgehead atoms. The van der Waals surface area contributed by atoms with E-state index in [1.54, 1.807) is 12.1 Å². The molecule has 3 rings (SSSR count). The van der Waals surface area contributed by atoms with Gasteiger partial charge in [0.25, 0.3) is 0 Å². The van der Waals surface area contributed by atoms with Gasteiger partial charge < -0.3 is 4.74 Å². The summed E-state index contributed by atoms with van der Waals surface area (Å²) in [5, 5.41) is 9.30. The van der Waals surface area contributed by atoms with Crippen molar-refractivity contribution in [3.05, 3.63) is 71.0 Å². The average molecular weight is 324 g/mol. The molecule has 1 fully saturated rings. The second-order valence-electron chi connectivity index (χ2n) is 6.20. The molecule has 0 N–H and O–H groups in total. The van der Waals surface area contributed by atoms with Crippen LogP contribution in [0.4, 0.5) is 4.39 Å². The first-order chi connectivity index (χ1) is 11.7. The highest BCUT2D eigenvalue weighted by Gasteiger charge is 2.20. The van der Waals surface area contributed by atoms with Gasteiger partial charge in [-0.15, -0.1) is 0 Å². The van der Waals surface area contributed by atoms with Crippen LogP contribution in [0.15, 0.2) is 48.5 Å². The van der Waals surface area contributed by atoms with Crippen LogP contribution in [-0.4, -0.2) is 24.2 Å². The van der Waals surface area contributed by atoms with Gasteiger partial charge in [-0.2, -0.15) is 5.26 Å². The van der Waals surface area contributed by atoms with Gasteiger partial charge in [-0.25, -0.2) is 4.39 Å². The normalized spacial score (nSPS) is 17.1. The van der Waals surface area contributed by atoms with E-state index in [4.69, 9.17) is 4.74 Å². The van der Waals surface area contributed by atoms with E-state index in [-0.39, 0.29) is 11.9 Å². The van der Waals surface area contributed by atoms with Crippen molar-refractivity contribution < 1.29 is 9.13 Å². The van der Waals surface area contributed by atoms with E-state index < -0.39 is 0 Å². The molecule has 1 atom stereocenters. The molecule has 124 valence electrons. The molecule has 1 heterocycles. The SMILES string of the molecule is N#Cc1ccccc1CN(Cc1cccc(F)c1)CC1CCCO1. The molecule has 2 aromatic carbocycles. The van der Waals surface area contributed by atoms with Gasteiger partial charge in [0.2, 0.25) is 0 Å². The summed E-state index contributed by atoms with van der Waals surface area (Å²) in [6, 6.07) is 16.6. The maximum absolute atomic E-state index is 13.5. The van der Waals surface area contributed by atoms with E-state index >= 15 is 0 Å². The number of ether oxygens (including phenoxy) is 1. The topological polar surface area (TPSA) is 36.3 Å². The lowest BCUT2D eigenvalue weighted by atomic mass is 10.1. The van der Waals surface area contributed by atoms with Crippen LogP contribution >= 0.6 is 0 Å². The molecule has 0 saturated carbocycles. The third-order valence-electron chi connectivity index (χ3n) is 4.31. The zero-order valence-corrected chi connectivity index (χ0v) is 13.6. The van der Waals surface area contributed by atoms with Gasteiger partial charge in [0.1, 0.15) is 5.82 Å². The Morgan fingerprint density at radius 3 is 2.79 bits per heavy atom. The Bertz CT molecular complexity index is 720. The van der Waals surface area contributed by atoms with Crippen molar-refractivity contribution >= 4 is 0 Å². The van der Waals surface area contributed by atoms with E-state index in [9.17, 15) is 9.65 Å². The van der Waals surface area contributed by atoms with Crippen molar-refractivity contribution in [2.24, 2.45) is 0 Å². The number of benzene rings is 2. The van der Waals surface area contributed by atoms with E-state index in [0.29, 0.717) is 18.7 Å². The Labute approximate surface area is 142 Å². The van der Waals surface area contributed by atoms with E-state index in [1.807, 2.05) is 30.3 Å². The molecule has 0 spiro atoms. The minimum atomic E-state index is -0.220. The van der Waals surface area contributed by atoms with Crippen molar-refractivity contribution in [3.8, 4) is 6.07 Å². The maximum atomic E-state index is 13.5. The Kier molecular flexibility index (Phi) is 5.58. The highest BCUT2D eigenvalue weighted by Crippen LogP contribution is 2.19. The largest absolute Gasteiger partial charge is 0.377 e. The molecular formula is C20H21FN2O. The summed E-state index contributed by atoms with van der Waals surface area (Å²) in [5.74, 6) is -0.220. The minimum Gasteiger partial charge on any atom is -0.377 e. The van der Waals surface area contributed by atoms with Crippen LogP contribution in [0, 0.1) is 17.1 Å². The van der Waals surface area contributed by atoms with Crippen LogP contribution < -0.4 is 0 Å². The molecule has 2 aromatic rings. The van der Waals surface area contributed by atoms with Gasteiger partial charge in [-0.1, -0.05) is 30.3 Å². The van der Waals surface area contributed by atoms with Gasteiger partial charge in [-0.3, -0.25) is 4.90 Å². The van der Waals surface area contributed by atoms with Crippen molar-refractivity contribution in [1.82, 2.24) is 4.90 Å². The summed E-state index contributed by atoms with van der Waals surface area (Å²) >= 11 is 0. The zero-order chi connectivity index (χ0) is 16.8. The molecule has 24 heavy (non-hydrogen) atoms. The first-order valence-corrected chi connectivity index (χ1v) is 8.31. The molecule has 0 aromatic heterocycles. The monoisotopic (exact) mass is 324 g/mol. The number of hydrogen-bond acceptors (Lipinski definition) is 3. The second kappa shape index (κ2) is 8.05. The highest BCUT2D eigenvalue weighted by atomic mass is 19.1. The fourth-order valence-corrected chi connectivity index (χ4v) is 3.16. The molecule has 3 nitrogen and oxygen atoms in total. The predicted octanol–water partition coefficient (Wildman–Crippen LogP) is 3.88. The Balaban J connectivity index is 1.77. The van der Waals surface area contributed by atoms with Crippen LogP contribution in [0.5, 0.6) is 0 Å². The fraction of sp³-hybridized carbons (Fsp3) is 0.350. The van der Waals surface area contributed by atoms with Gasteiger partial charge in [0.15, 0.2) is 0 Å². The minimum absolute atomic E-state index is 0.216. The molecule has 1 unspecified atom stereocenters. The van der Waals surface area contributed by atoms with Crippen molar-refractivity contribution in [2.45, 2.75) is 32.0 Å². The van der Waals surface area contributed by atoms with Crippen molar-refractivity contribution in [1.29, 1.82) is 5.26 Å². The smallest absolute Gasteiger partial charge is 0.123 e. The Hall–Kier alpha value is -2.22. The molecule has 1 saturated heterocycles. The molecule has 0 amide bonds. The highest BCUT2D eigenvalue weighted by molar-refractivity contribution is 5.37. The first kappa shape index (κ1) is 16.6. The summed E-state index contributed by atoms with van der Waals surface area (Å²) in [5.41, 5.74) is 2.62. The summed E-state index contributed by atoms with van der Waals surface area (Å²) < 4.78 is 19.2.